The molecule has 6 heteroatoms. The van der Waals surface area contributed by atoms with Gasteiger partial charge in [-0.25, -0.2) is 9.59 Å². The molecule has 0 saturated carbocycles. The van der Waals surface area contributed by atoms with Crippen LogP contribution in [0.4, 0.5) is 11.4 Å². The van der Waals surface area contributed by atoms with Crippen LogP contribution in [0, 0.1) is 6.92 Å². The van der Waals surface area contributed by atoms with Crippen molar-refractivity contribution in [1.29, 1.82) is 0 Å². The third kappa shape index (κ3) is 5.99. The molecule has 2 aromatic rings. The van der Waals surface area contributed by atoms with E-state index >= 15 is 0 Å². The Morgan fingerprint density at radius 2 is 1.83 bits per heavy atom. The molecule has 1 aliphatic rings. The summed E-state index contributed by atoms with van der Waals surface area (Å²) in [4.78, 5) is 26.8. The Morgan fingerprint density at radius 3 is 2.46 bits per heavy atom. The Hall–Kier alpha value is -3.04. The largest absolute Gasteiger partial charge is 0.491 e. The molecular weight excluding hydrogens is 308 g/mol. The second-order valence-electron chi connectivity index (χ2n) is 4.96. The Kier molecular flexibility index (Phi) is 6.62. The highest BCUT2D eigenvalue weighted by atomic mass is 16.6. The third-order valence-electron chi connectivity index (χ3n) is 3.12. The minimum absolute atomic E-state index is 0.343. The van der Waals surface area contributed by atoms with Crippen LogP contribution in [0.1, 0.15) is 5.56 Å². The van der Waals surface area contributed by atoms with Crippen LogP contribution in [0.25, 0.3) is 0 Å². The first-order valence-electron chi connectivity index (χ1n) is 7.29. The van der Waals surface area contributed by atoms with Crippen molar-refractivity contribution in [2.24, 2.45) is 9.98 Å². The summed E-state index contributed by atoms with van der Waals surface area (Å²) in [6.07, 6.45) is 3.18. The number of para-hydroxylation sites is 1. The van der Waals surface area contributed by atoms with Gasteiger partial charge < -0.3 is 9.47 Å². The number of benzene rings is 2. The second-order valence-corrected chi connectivity index (χ2v) is 4.96. The second kappa shape index (κ2) is 9.18. The van der Waals surface area contributed by atoms with E-state index in [0.29, 0.717) is 24.1 Å². The number of ether oxygens (including phenoxy) is 2. The average Bonchev–Trinajstić information content (AvgIpc) is 3.43. The van der Waals surface area contributed by atoms with Crippen molar-refractivity contribution < 1.29 is 19.1 Å². The number of nitrogens with zero attached hydrogens (tertiary/aromatic N) is 2. The smallest absolute Gasteiger partial charge is 0.240 e. The van der Waals surface area contributed by atoms with Crippen molar-refractivity contribution in [3.63, 3.8) is 0 Å². The number of aliphatic imine (C=N–C) groups is 2. The monoisotopic (exact) mass is 324 g/mol. The van der Waals surface area contributed by atoms with Gasteiger partial charge >= 0.3 is 0 Å². The van der Waals surface area contributed by atoms with Crippen molar-refractivity contribution in [2.75, 3.05) is 13.2 Å². The summed E-state index contributed by atoms with van der Waals surface area (Å²) in [5, 5.41) is 0. The molecule has 1 saturated heterocycles. The van der Waals surface area contributed by atoms with Gasteiger partial charge in [0.05, 0.1) is 18.0 Å². The lowest BCUT2D eigenvalue weighted by molar-refractivity contribution is 0.263. The quantitative estimate of drug-likeness (QED) is 0.479. The zero-order chi connectivity index (χ0) is 17.2. The van der Waals surface area contributed by atoms with Crippen LogP contribution in [0.3, 0.4) is 0 Å². The lowest BCUT2D eigenvalue weighted by atomic mass is 10.2. The first-order chi connectivity index (χ1) is 11.7. The molecule has 6 nitrogen and oxygen atoms in total. The lowest BCUT2D eigenvalue weighted by Gasteiger charge is -2.01. The summed E-state index contributed by atoms with van der Waals surface area (Å²) in [5.41, 5.74) is 1.72. The molecule has 0 spiro atoms. The summed E-state index contributed by atoms with van der Waals surface area (Å²) in [7, 11) is 0. The number of carbonyl (C=O) groups excluding carboxylic acids is 2. The van der Waals surface area contributed by atoms with Crippen LogP contribution >= 0.6 is 0 Å². The Bertz CT molecular complexity index is 760. The van der Waals surface area contributed by atoms with Crippen LogP contribution in [-0.2, 0) is 14.3 Å². The first kappa shape index (κ1) is 17.3. The third-order valence-corrected chi connectivity index (χ3v) is 3.12. The molecule has 0 aromatic heterocycles. The minimum atomic E-state index is 0.343. The van der Waals surface area contributed by atoms with E-state index in [0.717, 1.165) is 17.9 Å². The molecule has 1 unspecified atom stereocenters. The summed E-state index contributed by atoms with van der Waals surface area (Å²) >= 11 is 0. The molecule has 1 fully saturated rings. The standard InChI is InChI=1S/C9H6N2O2.C9H10O2/c1-7-2-3-8(10-5-12)4-9(7)11-6-13;1-2-4-8(5-3-1)10-6-9-7-11-9/h2-4H,1H3;1-5,9H,6-7H2. The highest BCUT2D eigenvalue weighted by Gasteiger charge is 2.22. The minimum Gasteiger partial charge on any atom is -0.491 e. The van der Waals surface area contributed by atoms with Crippen molar-refractivity contribution >= 4 is 23.5 Å². The molecule has 0 radical (unpaired) electrons. The molecule has 2 aromatic carbocycles. The molecule has 1 aliphatic heterocycles. The summed E-state index contributed by atoms with van der Waals surface area (Å²) in [6.45, 7) is 3.33. The molecule has 1 heterocycles. The van der Waals surface area contributed by atoms with Crippen LogP contribution in [0.2, 0.25) is 0 Å². The first-order valence-corrected chi connectivity index (χ1v) is 7.29. The molecule has 122 valence electrons. The maximum Gasteiger partial charge on any atom is 0.240 e. The number of rotatable bonds is 5. The topological polar surface area (TPSA) is 80.6 Å². The van der Waals surface area contributed by atoms with E-state index in [-0.39, 0.29) is 0 Å². The fourth-order valence-corrected chi connectivity index (χ4v) is 1.76. The Balaban J connectivity index is 0.000000175. The summed E-state index contributed by atoms with van der Waals surface area (Å²) < 4.78 is 10.4. The van der Waals surface area contributed by atoms with Crippen molar-refractivity contribution in [3.8, 4) is 5.75 Å². The Labute approximate surface area is 139 Å². The molecule has 0 amide bonds. The van der Waals surface area contributed by atoms with Crippen LogP contribution in [-0.4, -0.2) is 31.5 Å². The predicted octanol–water partition coefficient (Wildman–Crippen LogP) is 3.39. The number of aryl methyl sites for hydroxylation is 1. The van der Waals surface area contributed by atoms with Crippen LogP contribution in [0.15, 0.2) is 58.5 Å². The number of epoxide rings is 1. The van der Waals surface area contributed by atoms with Crippen molar-refractivity contribution in [1.82, 2.24) is 0 Å². The molecule has 1 atom stereocenters. The van der Waals surface area contributed by atoms with Gasteiger partial charge in [-0.3, -0.25) is 0 Å². The average molecular weight is 324 g/mol. The maximum absolute atomic E-state index is 10.00. The van der Waals surface area contributed by atoms with Crippen molar-refractivity contribution in [3.05, 3.63) is 54.1 Å². The highest BCUT2D eigenvalue weighted by molar-refractivity contribution is 5.61. The van der Waals surface area contributed by atoms with Gasteiger partial charge in [-0.15, -0.1) is 0 Å². The van der Waals surface area contributed by atoms with Gasteiger partial charge in [0.2, 0.25) is 12.2 Å². The summed E-state index contributed by atoms with van der Waals surface area (Å²) in [6, 6.07) is 14.7. The molecule has 0 bridgehead atoms. The number of isocyanates is 2. The summed E-state index contributed by atoms with van der Waals surface area (Å²) in [5.74, 6) is 0.919. The fourth-order valence-electron chi connectivity index (χ4n) is 1.76. The van der Waals surface area contributed by atoms with Gasteiger partial charge in [-0.2, -0.15) is 9.98 Å². The normalized spacial score (nSPS) is 14.3. The van der Waals surface area contributed by atoms with Gasteiger partial charge in [0, 0.05) is 0 Å². The fraction of sp³-hybridized carbons (Fsp3) is 0.222. The van der Waals surface area contributed by atoms with E-state index in [9.17, 15) is 9.59 Å². The van der Waals surface area contributed by atoms with Gasteiger partial charge in [0.15, 0.2) is 0 Å². The van der Waals surface area contributed by atoms with E-state index in [1.165, 1.54) is 18.2 Å². The van der Waals surface area contributed by atoms with E-state index < -0.39 is 0 Å². The predicted molar refractivity (Wildman–Crippen MR) is 88.4 cm³/mol. The van der Waals surface area contributed by atoms with Crippen LogP contribution < -0.4 is 4.74 Å². The van der Waals surface area contributed by atoms with E-state index in [1.54, 1.807) is 19.1 Å². The number of hydrogen-bond donors (Lipinski definition) is 0. The number of hydrogen-bond acceptors (Lipinski definition) is 6. The Morgan fingerprint density at radius 1 is 1.12 bits per heavy atom. The molecule has 3 rings (SSSR count). The van der Waals surface area contributed by atoms with E-state index in [1.807, 2.05) is 30.3 Å². The SMILES string of the molecule is Cc1ccc(N=C=O)cc1N=C=O.c1ccc(OCC2CO2)cc1. The zero-order valence-electron chi connectivity index (χ0n) is 13.1. The van der Waals surface area contributed by atoms with E-state index in [2.05, 4.69) is 9.98 Å². The maximum atomic E-state index is 10.00. The van der Waals surface area contributed by atoms with Crippen molar-refractivity contribution in [2.45, 2.75) is 13.0 Å². The van der Waals surface area contributed by atoms with Gasteiger partial charge in [-0.1, -0.05) is 24.3 Å². The molecular formula is C18H16N2O4. The van der Waals surface area contributed by atoms with Gasteiger partial charge in [-0.05, 0) is 36.8 Å². The molecule has 0 N–H and O–H groups in total. The van der Waals surface area contributed by atoms with Crippen LogP contribution in [0.5, 0.6) is 5.75 Å². The lowest BCUT2D eigenvalue weighted by Crippen LogP contribution is -2.03. The zero-order valence-corrected chi connectivity index (χ0v) is 13.1. The molecule has 0 aliphatic carbocycles. The molecule has 24 heavy (non-hydrogen) atoms. The van der Waals surface area contributed by atoms with Gasteiger partial charge in [0.1, 0.15) is 18.5 Å². The van der Waals surface area contributed by atoms with E-state index in [4.69, 9.17) is 9.47 Å². The van der Waals surface area contributed by atoms with Gasteiger partial charge in [0.25, 0.3) is 0 Å². The highest BCUT2D eigenvalue weighted by Crippen LogP contribution is 2.23.